The molecule has 0 fully saturated rings. The first-order chi connectivity index (χ1) is 31.9. The summed E-state index contributed by atoms with van der Waals surface area (Å²) in [6.45, 7) is 0.334. The largest absolute Gasteiger partial charge is 0.456 e. The number of benzene rings is 1. The number of amides is 1. The first kappa shape index (κ1) is 47.2. The number of ether oxygens (including phenoxy) is 1. The molecule has 0 spiro atoms. The maximum atomic E-state index is 11.9. The van der Waals surface area contributed by atoms with Gasteiger partial charge in [-0.3, -0.25) is 44.8 Å². The van der Waals surface area contributed by atoms with Crippen molar-refractivity contribution in [2.24, 2.45) is 0 Å². The predicted octanol–water partition coefficient (Wildman–Crippen LogP) is 10.2. The van der Waals surface area contributed by atoms with E-state index in [1.807, 2.05) is 97.1 Å². The Morgan fingerprint density at radius 3 is 1.86 bits per heavy atom. The maximum Gasteiger partial charge on any atom is 0.273 e. The number of nitrogens with zero attached hydrogens (tertiary/aromatic N) is 8. The number of terminal acetylenes is 1. The standard InChI is InChI=1S/C32H25N5O4.2C10H8N2.Ru/c1-2-3-7-31(38)36-20-21-10-12-34-28(14-21)29-17-22(11-13-35-29)26(19-33)16-25-6-4-5-24-15-23-8-9-27(37(39)40)18-30(23)41-32(24)25;2*1-3-7-11-9(5-1)10-6-2-4-8-12-10;/h1,8-18H,3-7,20H2,(H,36,38);2*1-8H;/b26-16+;;;. The van der Waals surface area contributed by atoms with Crippen LogP contribution in [0.5, 0.6) is 5.75 Å². The number of rotatable bonds is 10. The van der Waals surface area contributed by atoms with E-state index in [2.05, 4.69) is 47.2 Å². The van der Waals surface area contributed by atoms with E-state index in [9.17, 15) is 20.2 Å². The molecule has 66 heavy (non-hydrogen) atoms. The van der Waals surface area contributed by atoms with Crippen LogP contribution in [-0.4, -0.2) is 40.7 Å². The minimum atomic E-state index is -0.449. The minimum Gasteiger partial charge on any atom is -0.456 e. The van der Waals surface area contributed by atoms with E-state index in [0.29, 0.717) is 53.4 Å². The SMILES string of the molecule is C#CCCC(=O)NCc1ccnc(-c2cc(/C(C#N)=C/C3=C4Oc5cc([N+](=O)[O-])ccc5C=C4CCC3)ccn2)c1.[Ru].c1ccc(-c2ccccn2)nc1.c1ccc(-c2ccccn2)nc1. The summed E-state index contributed by atoms with van der Waals surface area (Å²) in [6.07, 6.45) is 22.5. The number of aromatic nitrogens is 6. The Labute approximate surface area is 395 Å². The summed E-state index contributed by atoms with van der Waals surface area (Å²) < 4.78 is 6.18. The van der Waals surface area contributed by atoms with Crippen LogP contribution in [0.3, 0.4) is 0 Å². The molecule has 0 radical (unpaired) electrons. The second kappa shape index (κ2) is 23.9. The molecule has 0 saturated carbocycles. The first-order valence-corrected chi connectivity index (χ1v) is 20.7. The fraction of sp³-hybridized carbons (Fsp3) is 0.115. The van der Waals surface area contributed by atoms with E-state index in [1.54, 1.807) is 55.4 Å². The van der Waals surface area contributed by atoms with Gasteiger partial charge < -0.3 is 10.1 Å². The minimum absolute atomic E-state index is 0. The summed E-state index contributed by atoms with van der Waals surface area (Å²) in [5.74, 6) is 3.40. The fourth-order valence-electron chi connectivity index (χ4n) is 6.80. The third-order valence-electron chi connectivity index (χ3n) is 9.99. The van der Waals surface area contributed by atoms with Gasteiger partial charge in [0.05, 0.1) is 56.8 Å². The quantitative estimate of drug-likeness (QED) is 0.0453. The van der Waals surface area contributed by atoms with Crippen molar-refractivity contribution in [2.45, 2.75) is 38.6 Å². The molecule has 0 unspecified atom stereocenters. The zero-order chi connectivity index (χ0) is 45.2. The van der Waals surface area contributed by atoms with Crippen LogP contribution in [0.2, 0.25) is 0 Å². The van der Waals surface area contributed by atoms with E-state index in [-0.39, 0.29) is 37.5 Å². The maximum absolute atomic E-state index is 11.9. The zero-order valence-corrected chi connectivity index (χ0v) is 37.2. The van der Waals surface area contributed by atoms with Crippen molar-refractivity contribution in [1.29, 1.82) is 5.26 Å². The number of nitriles is 1. The molecule has 2 aliphatic rings. The van der Waals surface area contributed by atoms with Crippen LogP contribution >= 0.6 is 0 Å². The number of nitrogens with one attached hydrogen (secondary N) is 1. The van der Waals surface area contributed by atoms with Gasteiger partial charge in [-0.15, -0.1) is 12.3 Å². The van der Waals surface area contributed by atoms with Gasteiger partial charge in [-0.05, 0) is 133 Å². The number of hydrogen-bond acceptors (Lipinski definition) is 11. The van der Waals surface area contributed by atoms with Crippen LogP contribution in [0.15, 0.2) is 175 Å². The Morgan fingerprint density at radius 1 is 0.742 bits per heavy atom. The van der Waals surface area contributed by atoms with Gasteiger partial charge in [0.25, 0.3) is 5.69 Å². The average Bonchev–Trinajstić information content (AvgIpc) is 3.37. The number of hydrogen-bond donors (Lipinski definition) is 1. The third-order valence-corrected chi connectivity index (χ3v) is 9.99. The van der Waals surface area contributed by atoms with Gasteiger partial charge in [-0.2, -0.15) is 5.26 Å². The molecule has 9 rings (SSSR count). The summed E-state index contributed by atoms with van der Waals surface area (Å²) in [6, 6.07) is 37.3. The topological polar surface area (TPSA) is 183 Å². The number of allylic oxidation sites excluding steroid dienone is 4. The molecule has 0 saturated heterocycles. The molecule has 14 heteroatoms. The van der Waals surface area contributed by atoms with E-state index in [4.69, 9.17) is 11.2 Å². The molecule has 13 nitrogen and oxygen atoms in total. The molecule has 326 valence electrons. The average molecular weight is 957 g/mol. The van der Waals surface area contributed by atoms with Crippen LogP contribution in [0.4, 0.5) is 5.69 Å². The second-order valence-corrected chi connectivity index (χ2v) is 14.4. The van der Waals surface area contributed by atoms with Crippen molar-refractivity contribution in [3.63, 3.8) is 0 Å². The second-order valence-electron chi connectivity index (χ2n) is 14.4. The summed E-state index contributed by atoms with van der Waals surface area (Å²) in [4.78, 5) is 48.4. The van der Waals surface area contributed by atoms with Gasteiger partial charge in [-0.25, -0.2) is 0 Å². The predicted molar refractivity (Wildman–Crippen MR) is 248 cm³/mol. The van der Waals surface area contributed by atoms with Gasteiger partial charge in [-0.1, -0.05) is 24.3 Å². The molecule has 1 aromatic carbocycles. The van der Waals surface area contributed by atoms with Gasteiger partial charge in [0.15, 0.2) is 0 Å². The molecule has 0 bridgehead atoms. The number of nitro groups is 1. The van der Waals surface area contributed by atoms with E-state index in [0.717, 1.165) is 57.9 Å². The van der Waals surface area contributed by atoms with Gasteiger partial charge in [0.2, 0.25) is 5.91 Å². The molecule has 1 N–H and O–H groups in total. The Kier molecular flexibility index (Phi) is 17.1. The summed E-state index contributed by atoms with van der Waals surface area (Å²) >= 11 is 0. The van der Waals surface area contributed by atoms with Gasteiger partial charge in [0, 0.05) is 87.7 Å². The normalized spacial score (nSPS) is 12.2. The first-order valence-electron chi connectivity index (χ1n) is 20.7. The Hall–Kier alpha value is -8.32. The number of nitro benzene ring substituents is 1. The van der Waals surface area contributed by atoms with Crippen LogP contribution in [-0.2, 0) is 30.8 Å². The molecular formula is C52H41N9O4Ru. The molecule has 1 aliphatic heterocycles. The van der Waals surface area contributed by atoms with E-state index >= 15 is 0 Å². The smallest absolute Gasteiger partial charge is 0.273 e. The van der Waals surface area contributed by atoms with Crippen molar-refractivity contribution in [3.8, 4) is 58.3 Å². The van der Waals surface area contributed by atoms with Crippen molar-refractivity contribution in [2.75, 3.05) is 0 Å². The Bertz CT molecular complexity index is 2800. The monoisotopic (exact) mass is 957 g/mol. The van der Waals surface area contributed by atoms with Crippen LogP contribution in [0, 0.1) is 33.8 Å². The van der Waals surface area contributed by atoms with Crippen molar-refractivity contribution >= 4 is 23.2 Å². The van der Waals surface area contributed by atoms with E-state index < -0.39 is 4.92 Å². The fourth-order valence-corrected chi connectivity index (χ4v) is 6.80. The Balaban J connectivity index is 0.000000231. The van der Waals surface area contributed by atoms with Crippen LogP contribution < -0.4 is 10.1 Å². The van der Waals surface area contributed by atoms with Crippen LogP contribution in [0.1, 0.15) is 48.8 Å². The summed E-state index contributed by atoms with van der Waals surface area (Å²) in [5, 5.41) is 24.2. The number of carbonyl (C=O) groups is 1. The zero-order valence-electron chi connectivity index (χ0n) is 35.5. The molecule has 1 amide bonds. The molecule has 0 atom stereocenters. The Morgan fingerprint density at radius 2 is 1.32 bits per heavy atom. The summed E-state index contributed by atoms with van der Waals surface area (Å²) in [7, 11) is 0. The molecule has 7 aromatic rings. The number of carbonyl (C=O) groups excluding carboxylic acids is 1. The summed E-state index contributed by atoms with van der Waals surface area (Å²) in [5.41, 5.74) is 9.42. The third kappa shape index (κ3) is 12.9. The van der Waals surface area contributed by atoms with Gasteiger partial charge >= 0.3 is 0 Å². The van der Waals surface area contributed by atoms with Crippen LogP contribution in [0.25, 0.3) is 45.8 Å². The molecule has 6 aromatic heterocycles. The molecule has 7 heterocycles. The number of fused-ring (bicyclic) bond motifs is 2. The molecular weight excluding hydrogens is 916 g/mol. The van der Waals surface area contributed by atoms with Gasteiger partial charge in [0.1, 0.15) is 11.5 Å². The molecule has 1 aliphatic carbocycles. The van der Waals surface area contributed by atoms with Crippen molar-refractivity contribution in [1.82, 2.24) is 35.2 Å². The van der Waals surface area contributed by atoms with E-state index in [1.165, 1.54) is 12.1 Å². The number of non-ortho nitro benzene ring substituents is 1. The van der Waals surface area contributed by atoms with Crippen molar-refractivity contribution in [3.05, 3.63) is 202 Å². The number of pyridine rings is 6. The van der Waals surface area contributed by atoms with Crippen molar-refractivity contribution < 1.29 is 33.9 Å².